The highest BCUT2D eigenvalue weighted by Gasteiger charge is 2.40. The first-order chi connectivity index (χ1) is 18.5. The van der Waals surface area contributed by atoms with Crippen LogP contribution in [0.15, 0.2) is 30.3 Å². The van der Waals surface area contributed by atoms with Crippen molar-refractivity contribution in [3.63, 3.8) is 0 Å². The Hall–Kier alpha value is -0.986. The zero-order chi connectivity index (χ0) is 27.4. The van der Waals surface area contributed by atoms with Gasteiger partial charge in [-0.1, -0.05) is 71.9 Å². The van der Waals surface area contributed by atoms with E-state index >= 15 is 0 Å². The third-order valence-corrected chi connectivity index (χ3v) is 18.3. The fraction of sp³-hybridized carbons (Fsp3) is 0.742. The first-order valence-corrected chi connectivity index (χ1v) is 20.3. The summed E-state index contributed by atoms with van der Waals surface area (Å²) in [6, 6.07) is 17.0. The molecule has 0 unspecified atom stereocenters. The van der Waals surface area contributed by atoms with Crippen molar-refractivity contribution in [1.82, 2.24) is 0 Å². The lowest BCUT2D eigenvalue weighted by Gasteiger charge is -2.41. The van der Waals surface area contributed by atoms with Crippen LogP contribution in [0, 0.1) is 11.8 Å². The number of hydrogen-bond donors (Lipinski definition) is 0. The van der Waals surface area contributed by atoms with E-state index in [-0.39, 0.29) is 30.7 Å². The van der Waals surface area contributed by atoms with Gasteiger partial charge in [-0.3, -0.25) is 0 Å². The lowest BCUT2D eigenvalue weighted by atomic mass is 10.0. The Labute approximate surface area is 234 Å². The molecule has 0 amide bonds. The molecule has 38 heavy (non-hydrogen) atoms. The van der Waals surface area contributed by atoms with Crippen LogP contribution < -0.4 is 0 Å². The fourth-order valence-corrected chi connectivity index (χ4v) is 11.5. The molecule has 7 heteroatoms. The average Bonchev–Trinajstić information content (AvgIpc) is 2.98. The Morgan fingerprint density at radius 2 is 1.29 bits per heavy atom. The standard InChI is InChI=1S/C31H52O5Si2/c1-7-37(8-2,9-3)35-29-23-18-24-32-27(29)21-16-17-22-28-30(36-38(10-4,11-5)12-6)25-33-31(34-28)26-19-14-13-15-20-26/h13-15,19-20,27-31H,7-12,18,21-25H2,1-6H3/t27-,28+,29+,30-,31-/m1/s1. The molecule has 2 fully saturated rings. The molecule has 5 atom stereocenters. The number of rotatable bonds is 13. The minimum absolute atomic E-state index is 0.0628. The quantitative estimate of drug-likeness (QED) is 0.182. The molecule has 2 aliphatic rings. The van der Waals surface area contributed by atoms with Crippen LogP contribution in [-0.2, 0) is 23.1 Å². The van der Waals surface area contributed by atoms with Gasteiger partial charge in [-0.25, -0.2) is 0 Å². The van der Waals surface area contributed by atoms with E-state index in [9.17, 15) is 0 Å². The van der Waals surface area contributed by atoms with Gasteiger partial charge in [-0.15, -0.1) is 11.8 Å². The second kappa shape index (κ2) is 15.7. The van der Waals surface area contributed by atoms with Gasteiger partial charge in [0.15, 0.2) is 22.9 Å². The Kier molecular flexibility index (Phi) is 13.0. The van der Waals surface area contributed by atoms with Crippen molar-refractivity contribution >= 4 is 16.6 Å². The highest BCUT2D eigenvalue weighted by atomic mass is 28.4. The third kappa shape index (κ3) is 8.26. The zero-order valence-corrected chi connectivity index (χ0v) is 26.8. The minimum atomic E-state index is -1.81. The van der Waals surface area contributed by atoms with Gasteiger partial charge in [0.1, 0.15) is 0 Å². The van der Waals surface area contributed by atoms with Crippen molar-refractivity contribution in [2.45, 2.75) is 134 Å². The van der Waals surface area contributed by atoms with Crippen molar-refractivity contribution in [3.8, 4) is 11.8 Å². The van der Waals surface area contributed by atoms with Crippen LogP contribution in [0.2, 0.25) is 36.3 Å². The molecule has 2 heterocycles. The summed E-state index contributed by atoms with van der Waals surface area (Å²) in [4.78, 5) is 0. The summed E-state index contributed by atoms with van der Waals surface area (Å²) in [7, 11) is -3.48. The maximum atomic E-state index is 6.86. The van der Waals surface area contributed by atoms with Crippen LogP contribution in [0.1, 0.15) is 79.1 Å². The Balaban J connectivity index is 1.69. The Morgan fingerprint density at radius 3 is 1.87 bits per heavy atom. The number of benzene rings is 1. The second-order valence-corrected chi connectivity index (χ2v) is 20.3. The summed E-state index contributed by atoms with van der Waals surface area (Å²) in [6.07, 6.45) is 3.16. The molecule has 1 aromatic carbocycles. The van der Waals surface area contributed by atoms with Crippen LogP contribution in [0.5, 0.6) is 0 Å². The minimum Gasteiger partial charge on any atom is -0.411 e. The molecule has 5 nitrogen and oxygen atoms in total. The van der Waals surface area contributed by atoms with Gasteiger partial charge in [-0.2, -0.15) is 0 Å². The maximum absolute atomic E-state index is 6.86. The summed E-state index contributed by atoms with van der Waals surface area (Å²) in [5.41, 5.74) is 1.04. The molecule has 2 saturated heterocycles. The van der Waals surface area contributed by atoms with E-state index in [2.05, 4.69) is 65.5 Å². The van der Waals surface area contributed by atoms with Crippen molar-refractivity contribution in [1.29, 1.82) is 0 Å². The number of hydrogen-bond acceptors (Lipinski definition) is 5. The van der Waals surface area contributed by atoms with Gasteiger partial charge in [0.2, 0.25) is 0 Å². The lowest BCUT2D eigenvalue weighted by Crippen LogP contribution is -2.49. The van der Waals surface area contributed by atoms with Crippen molar-refractivity contribution in [2.24, 2.45) is 0 Å². The summed E-state index contributed by atoms with van der Waals surface area (Å²) in [6.45, 7) is 15.0. The van der Waals surface area contributed by atoms with E-state index in [0.717, 1.165) is 61.3 Å². The first kappa shape index (κ1) is 31.5. The molecule has 0 spiro atoms. The van der Waals surface area contributed by atoms with E-state index in [1.807, 2.05) is 18.2 Å². The molecule has 0 aliphatic carbocycles. The lowest BCUT2D eigenvalue weighted by molar-refractivity contribution is -0.251. The van der Waals surface area contributed by atoms with Crippen molar-refractivity contribution in [2.75, 3.05) is 13.2 Å². The SMILES string of the molecule is CC[Si](CC)(CC)O[C@H]1CCCO[C@@H]1CC#CC[C@@H]1O[C@H](c2ccccc2)OC[C@H]1O[Si](CC)(CC)CC. The Morgan fingerprint density at radius 1 is 0.737 bits per heavy atom. The summed E-state index contributed by atoms with van der Waals surface area (Å²) >= 11 is 0. The van der Waals surface area contributed by atoms with E-state index in [4.69, 9.17) is 23.1 Å². The molecule has 2 aliphatic heterocycles. The maximum Gasteiger partial charge on any atom is 0.192 e. The normalized spacial score (nSPS) is 26.5. The van der Waals surface area contributed by atoms with Gasteiger partial charge in [0.25, 0.3) is 0 Å². The molecule has 3 rings (SSSR count). The predicted octanol–water partition coefficient (Wildman–Crippen LogP) is 7.84. The van der Waals surface area contributed by atoms with E-state index in [1.165, 1.54) is 0 Å². The largest absolute Gasteiger partial charge is 0.411 e. The molecule has 1 aromatic rings. The van der Waals surface area contributed by atoms with E-state index in [0.29, 0.717) is 19.4 Å². The van der Waals surface area contributed by atoms with Gasteiger partial charge < -0.3 is 23.1 Å². The summed E-state index contributed by atoms with van der Waals surface area (Å²) < 4.78 is 32.6. The van der Waals surface area contributed by atoms with Gasteiger partial charge >= 0.3 is 0 Å². The fourth-order valence-electron chi connectivity index (χ4n) is 5.78. The summed E-state index contributed by atoms with van der Waals surface area (Å²) in [5, 5.41) is 0. The smallest absolute Gasteiger partial charge is 0.192 e. The van der Waals surface area contributed by atoms with Crippen LogP contribution >= 0.6 is 0 Å². The van der Waals surface area contributed by atoms with E-state index in [1.54, 1.807) is 0 Å². The summed E-state index contributed by atoms with van der Waals surface area (Å²) in [5.74, 6) is 6.90. The Bertz CT molecular complexity index is 845. The highest BCUT2D eigenvalue weighted by Crippen LogP contribution is 2.33. The third-order valence-electron chi connectivity index (χ3n) is 8.98. The second-order valence-electron chi connectivity index (χ2n) is 10.9. The van der Waals surface area contributed by atoms with Crippen molar-refractivity contribution in [3.05, 3.63) is 35.9 Å². The molecule has 0 radical (unpaired) electrons. The molecular formula is C31H52O5Si2. The van der Waals surface area contributed by atoms with Crippen LogP contribution in [-0.4, -0.2) is 54.3 Å². The van der Waals surface area contributed by atoms with Crippen molar-refractivity contribution < 1.29 is 23.1 Å². The van der Waals surface area contributed by atoms with Gasteiger partial charge in [0, 0.05) is 25.0 Å². The van der Waals surface area contributed by atoms with Crippen LogP contribution in [0.3, 0.4) is 0 Å². The van der Waals surface area contributed by atoms with E-state index < -0.39 is 16.6 Å². The van der Waals surface area contributed by atoms with Gasteiger partial charge in [0.05, 0.1) is 31.0 Å². The molecule has 0 bridgehead atoms. The molecule has 0 saturated carbocycles. The number of ether oxygens (including phenoxy) is 3. The molecule has 0 N–H and O–H groups in total. The topological polar surface area (TPSA) is 46.2 Å². The van der Waals surface area contributed by atoms with Gasteiger partial charge in [-0.05, 0) is 49.1 Å². The average molecular weight is 561 g/mol. The molecule has 214 valence electrons. The van der Waals surface area contributed by atoms with Crippen LogP contribution in [0.4, 0.5) is 0 Å². The molecule has 0 aromatic heterocycles. The first-order valence-electron chi connectivity index (χ1n) is 15.2. The van der Waals surface area contributed by atoms with Crippen LogP contribution in [0.25, 0.3) is 0 Å². The zero-order valence-electron chi connectivity index (χ0n) is 24.8. The highest BCUT2D eigenvalue weighted by molar-refractivity contribution is 6.74. The monoisotopic (exact) mass is 560 g/mol. The molecular weight excluding hydrogens is 509 g/mol. The predicted molar refractivity (Wildman–Crippen MR) is 160 cm³/mol.